The highest BCUT2D eigenvalue weighted by Crippen LogP contribution is 2.37. The second-order valence-corrected chi connectivity index (χ2v) is 4.33. The van der Waals surface area contributed by atoms with Crippen molar-refractivity contribution in [2.75, 3.05) is 0 Å². The fraction of sp³-hybridized carbons (Fsp3) is 0.400. The largest absolute Gasteiger partial charge is 0.456 e. The summed E-state index contributed by atoms with van der Waals surface area (Å²) >= 11 is 1.51. The first-order valence-electron chi connectivity index (χ1n) is 4.42. The minimum absolute atomic E-state index is 0.0225. The van der Waals surface area contributed by atoms with Crippen LogP contribution in [-0.2, 0) is 14.3 Å². The molecule has 0 unspecified atom stereocenters. The summed E-state index contributed by atoms with van der Waals surface area (Å²) in [6.07, 6.45) is -0.127. The fourth-order valence-corrected chi connectivity index (χ4v) is 2.44. The van der Waals surface area contributed by atoms with Crippen LogP contribution in [0, 0.1) is 5.92 Å². The third kappa shape index (κ3) is 1.57. The standard InChI is InChI=1S/C10H10O3S/c1-6(11)7-5-9(12)13-10(7)8-3-2-4-14-8/h2-4,7,10H,5H2,1H3/t7-,10+/m1/s1. The molecule has 1 saturated heterocycles. The van der Waals surface area contributed by atoms with E-state index in [1.165, 1.54) is 18.3 Å². The predicted octanol–water partition coefficient (Wildman–Crippen LogP) is 1.94. The molecule has 0 spiro atoms. The molecule has 0 amide bonds. The van der Waals surface area contributed by atoms with E-state index in [0.29, 0.717) is 0 Å². The average molecular weight is 210 g/mol. The highest BCUT2D eigenvalue weighted by molar-refractivity contribution is 7.10. The number of ether oxygens (including phenoxy) is 1. The lowest BCUT2D eigenvalue weighted by molar-refractivity contribution is -0.141. The lowest BCUT2D eigenvalue weighted by Gasteiger charge is -2.12. The van der Waals surface area contributed by atoms with Gasteiger partial charge in [-0.1, -0.05) is 6.07 Å². The van der Waals surface area contributed by atoms with Crippen LogP contribution in [0.5, 0.6) is 0 Å². The Morgan fingerprint density at radius 3 is 3.00 bits per heavy atom. The number of hydrogen-bond acceptors (Lipinski definition) is 4. The SMILES string of the molecule is CC(=O)[C@H]1CC(=O)O[C@@H]1c1cccs1. The molecule has 0 bridgehead atoms. The molecule has 1 aliphatic rings. The Bertz CT molecular complexity index is 355. The lowest BCUT2D eigenvalue weighted by atomic mass is 9.96. The molecule has 1 fully saturated rings. The fourth-order valence-electron chi connectivity index (χ4n) is 1.62. The number of thiophene rings is 1. The van der Waals surface area contributed by atoms with Crippen molar-refractivity contribution in [2.45, 2.75) is 19.4 Å². The van der Waals surface area contributed by atoms with Gasteiger partial charge >= 0.3 is 5.97 Å². The van der Waals surface area contributed by atoms with Gasteiger partial charge in [-0.25, -0.2) is 0 Å². The van der Waals surface area contributed by atoms with E-state index in [4.69, 9.17) is 4.74 Å². The predicted molar refractivity (Wildman–Crippen MR) is 51.9 cm³/mol. The highest BCUT2D eigenvalue weighted by atomic mass is 32.1. The number of carbonyl (C=O) groups excluding carboxylic acids is 2. The molecule has 2 rings (SSSR count). The first-order chi connectivity index (χ1) is 6.68. The van der Waals surface area contributed by atoms with Gasteiger partial charge in [-0.05, 0) is 18.4 Å². The molecule has 0 saturated carbocycles. The van der Waals surface area contributed by atoms with E-state index < -0.39 is 0 Å². The number of ketones is 1. The summed E-state index contributed by atoms with van der Waals surface area (Å²) < 4.78 is 5.13. The van der Waals surface area contributed by atoms with E-state index in [0.717, 1.165) is 4.88 Å². The maximum absolute atomic E-state index is 11.3. The van der Waals surface area contributed by atoms with Gasteiger partial charge < -0.3 is 4.74 Å². The quantitative estimate of drug-likeness (QED) is 0.701. The van der Waals surface area contributed by atoms with Gasteiger partial charge in [0.15, 0.2) is 0 Å². The number of esters is 1. The molecule has 74 valence electrons. The summed E-state index contributed by atoms with van der Waals surface area (Å²) in [4.78, 5) is 23.3. The van der Waals surface area contributed by atoms with Gasteiger partial charge in [0.2, 0.25) is 0 Å². The van der Waals surface area contributed by atoms with Crippen molar-refractivity contribution in [3.05, 3.63) is 22.4 Å². The van der Waals surface area contributed by atoms with Gasteiger partial charge in [-0.3, -0.25) is 9.59 Å². The highest BCUT2D eigenvalue weighted by Gasteiger charge is 2.39. The zero-order chi connectivity index (χ0) is 10.1. The normalized spacial score (nSPS) is 26.2. The van der Waals surface area contributed by atoms with E-state index in [9.17, 15) is 9.59 Å². The molecular weight excluding hydrogens is 200 g/mol. The molecule has 2 atom stereocenters. The van der Waals surface area contributed by atoms with Crippen molar-refractivity contribution in [3.63, 3.8) is 0 Å². The third-order valence-corrected chi connectivity index (χ3v) is 3.29. The van der Waals surface area contributed by atoms with Crippen molar-refractivity contribution < 1.29 is 14.3 Å². The van der Waals surface area contributed by atoms with E-state index in [1.54, 1.807) is 0 Å². The van der Waals surface area contributed by atoms with E-state index >= 15 is 0 Å². The van der Waals surface area contributed by atoms with Crippen molar-refractivity contribution >= 4 is 23.1 Å². The monoisotopic (exact) mass is 210 g/mol. The molecule has 0 aromatic carbocycles. The number of Topliss-reactive ketones (excluding diaryl/α,β-unsaturated/α-hetero) is 1. The first kappa shape index (κ1) is 9.40. The van der Waals surface area contributed by atoms with Crippen molar-refractivity contribution in [1.82, 2.24) is 0 Å². The van der Waals surface area contributed by atoms with Gasteiger partial charge in [0.1, 0.15) is 11.9 Å². The van der Waals surface area contributed by atoms with Crippen LogP contribution >= 0.6 is 11.3 Å². The van der Waals surface area contributed by atoms with E-state index in [-0.39, 0.29) is 30.2 Å². The van der Waals surface area contributed by atoms with Crippen LogP contribution < -0.4 is 0 Å². The van der Waals surface area contributed by atoms with Crippen molar-refractivity contribution in [1.29, 1.82) is 0 Å². The van der Waals surface area contributed by atoms with Crippen LogP contribution in [-0.4, -0.2) is 11.8 Å². The minimum atomic E-state index is -0.347. The zero-order valence-electron chi connectivity index (χ0n) is 7.73. The third-order valence-electron chi connectivity index (χ3n) is 2.36. The van der Waals surface area contributed by atoms with E-state index in [2.05, 4.69) is 0 Å². The Hall–Kier alpha value is -1.16. The zero-order valence-corrected chi connectivity index (χ0v) is 8.54. The summed E-state index contributed by atoms with van der Waals surface area (Å²) in [5, 5.41) is 1.92. The molecule has 1 aliphatic heterocycles. The number of rotatable bonds is 2. The van der Waals surface area contributed by atoms with Crippen molar-refractivity contribution in [2.24, 2.45) is 5.92 Å². The Kier molecular flexibility index (Phi) is 2.37. The molecule has 0 N–H and O–H groups in total. The Morgan fingerprint density at radius 2 is 2.43 bits per heavy atom. The van der Waals surface area contributed by atoms with Gasteiger partial charge in [0.05, 0.1) is 12.3 Å². The Morgan fingerprint density at radius 1 is 1.64 bits per heavy atom. The second-order valence-electron chi connectivity index (χ2n) is 3.35. The van der Waals surface area contributed by atoms with Crippen LogP contribution in [0.4, 0.5) is 0 Å². The molecule has 0 aliphatic carbocycles. The van der Waals surface area contributed by atoms with E-state index in [1.807, 2.05) is 17.5 Å². The molecular formula is C10H10O3S. The topological polar surface area (TPSA) is 43.4 Å². The van der Waals surface area contributed by atoms with Crippen LogP contribution in [0.2, 0.25) is 0 Å². The Labute approximate surface area is 85.7 Å². The Balaban J connectivity index is 2.26. The first-order valence-corrected chi connectivity index (χ1v) is 5.30. The van der Waals surface area contributed by atoms with Gasteiger partial charge in [0, 0.05) is 4.88 Å². The number of cyclic esters (lactones) is 1. The van der Waals surface area contributed by atoms with Crippen LogP contribution in [0.15, 0.2) is 17.5 Å². The molecule has 0 radical (unpaired) electrons. The molecule has 3 nitrogen and oxygen atoms in total. The summed E-state index contributed by atoms with van der Waals surface area (Å²) in [5.74, 6) is -0.543. The minimum Gasteiger partial charge on any atom is -0.456 e. The van der Waals surface area contributed by atoms with Crippen molar-refractivity contribution in [3.8, 4) is 0 Å². The molecule has 2 heterocycles. The average Bonchev–Trinajstić information content (AvgIpc) is 2.70. The van der Waals surface area contributed by atoms with Gasteiger partial charge in [-0.2, -0.15) is 0 Å². The van der Waals surface area contributed by atoms with Gasteiger partial charge in [0.25, 0.3) is 0 Å². The number of hydrogen-bond donors (Lipinski definition) is 0. The number of carbonyl (C=O) groups is 2. The van der Waals surface area contributed by atoms with Crippen LogP contribution in [0.25, 0.3) is 0 Å². The molecule has 1 aromatic rings. The maximum atomic E-state index is 11.3. The second kappa shape index (κ2) is 3.53. The van der Waals surface area contributed by atoms with Gasteiger partial charge in [-0.15, -0.1) is 11.3 Å². The smallest absolute Gasteiger partial charge is 0.307 e. The molecule has 14 heavy (non-hydrogen) atoms. The molecule has 1 aromatic heterocycles. The maximum Gasteiger partial charge on any atom is 0.307 e. The summed E-state index contributed by atoms with van der Waals surface area (Å²) in [7, 11) is 0. The lowest BCUT2D eigenvalue weighted by Crippen LogP contribution is -2.14. The summed E-state index contributed by atoms with van der Waals surface area (Å²) in [6, 6.07) is 3.78. The van der Waals surface area contributed by atoms with Crippen LogP contribution in [0.3, 0.4) is 0 Å². The summed E-state index contributed by atoms with van der Waals surface area (Å²) in [6.45, 7) is 1.51. The van der Waals surface area contributed by atoms with Crippen LogP contribution in [0.1, 0.15) is 24.3 Å². The summed E-state index contributed by atoms with van der Waals surface area (Å²) in [5.41, 5.74) is 0. The molecule has 4 heteroatoms.